The van der Waals surface area contributed by atoms with Crippen molar-refractivity contribution in [2.45, 2.75) is 18.9 Å². The quantitative estimate of drug-likeness (QED) is 0.793. The number of halogens is 2. The largest absolute Gasteiger partial charge is 0.467 e. The number of fused-ring (bicyclic) bond motifs is 1. The smallest absolute Gasteiger partial charge is 0.328 e. The second-order valence-electron chi connectivity index (χ2n) is 4.86. The Kier molecular flexibility index (Phi) is 3.40. The Balaban J connectivity index is 2.11. The van der Waals surface area contributed by atoms with E-state index in [0.717, 1.165) is 18.6 Å². The maximum absolute atomic E-state index is 13.5. The van der Waals surface area contributed by atoms with Gasteiger partial charge < -0.3 is 9.64 Å². The third kappa shape index (κ3) is 2.28. The van der Waals surface area contributed by atoms with E-state index in [0.29, 0.717) is 29.7 Å². The Bertz CT molecular complexity index is 708. The lowest BCUT2D eigenvalue weighted by Gasteiger charge is -2.24. The molecule has 0 amide bonds. The van der Waals surface area contributed by atoms with Gasteiger partial charge in [0.05, 0.1) is 12.6 Å². The van der Waals surface area contributed by atoms with Crippen LogP contribution in [0.2, 0.25) is 0 Å². The number of carbonyl (C=O) groups excluding carboxylic acids is 1. The summed E-state index contributed by atoms with van der Waals surface area (Å²) in [5, 5.41) is 0.382. The molecular formula is C14H13F2N3O2. The molecule has 1 aliphatic heterocycles. The fourth-order valence-corrected chi connectivity index (χ4v) is 2.67. The summed E-state index contributed by atoms with van der Waals surface area (Å²) in [6.45, 7) is 0.602. The van der Waals surface area contributed by atoms with Crippen LogP contribution in [0.15, 0.2) is 18.5 Å². The molecule has 0 saturated carbocycles. The summed E-state index contributed by atoms with van der Waals surface area (Å²) in [7, 11) is 1.33. The second kappa shape index (κ2) is 5.23. The van der Waals surface area contributed by atoms with Gasteiger partial charge in [0.25, 0.3) is 0 Å². The minimum atomic E-state index is -0.965. The zero-order valence-electron chi connectivity index (χ0n) is 11.3. The number of rotatable bonds is 2. The fourth-order valence-electron chi connectivity index (χ4n) is 2.67. The van der Waals surface area contributed by atoms with Crippen LogP contribution in [0, 0.1) is 11.6 Å². The first-order chi connectivity index (χ1) is 10.1. The highest BCUT2D eigenvalue weighted by Gasteiger charge is 2.33. The van der Waals surface area contributed by atoms with Crippen LogP contribution in [0.4, 0.5) is 14.6 Å². The van der Waals surface area contributed by atoms with Crippen molar-refractivity contribution in [3.63, 3.8) is 0 Å². The Morgan fingerprint density at radius 1 is 1.33 bits per heavy atom. The molecule has 7 heteroatoms. The SMILES string of the molecule is COC(=O)[C@@H]1CCCN1c1ncnc2cc(F)c(F)cc12. The average molecular weight is 293 g/mol. The van der Waals surface area contributed by atoms with Crippen molar-refractivity contribution in [1.82, 2.24) is 9.97 Å². The summed E-state index contributed by atoms with van der Waals surface area (Å²) in [6.07, 6.45) is 2.72. The molecule has 1 fully saturated rings. The van der Waals surface area contributed by atoms with Crippen molar-refractivity contribution in [2.24, 2.45) is 0 Å². The van der Waals surface area contributed by atoms with Crippen molar-refractivity contribution in [3.8, 4) is 0 Å². The monoisotopic (exact) mass is 293 g/mol. The number of aromatic nitrogens is 2. The number of esters is 1. The molecule has 21 heavy (non-hydrogen) atoms. The van der Waals surface area contributed by atoms with Crippen LogP contribution in [0.1, 0.15) is 12.8 Å². The minimum Gasteiger partial charge on any atom is -0.467 e. The van der Waals surface area contributed by atoms with Gasteiger partial charge >= 0.3 is 5.97 Å². The van der Waals surface area contributed by atoms with Gasteiger partial charge in [0, 0.05) is 18.0 Å². The molecule has 0 radical (unpaired) electrons. The molecule has 0 aliphatic carbocycles. The summed E-state index contributed by atoms with van der Waals surface area (Å²) < 4.78 is 31.6. The van der Waals surface area contributed by atoms with Gasteiger partial charge in [0.15, 0.2) is 11.6 Å². The van der Waals surface area contributed by atoms with Crippen molar-refractivity contribution in [2.75, 3.05) is 18.6 Å². The van der Waals surface area contributed by atoms with Crippen LogP contribution in [0.25, 0.3) is 10.9 Å². The lowest BCUT2D eigenvalue weighted by molar-refractivity contribution is -0.141. The highest BCUT2D eigenvalue weighted by molar-refractivity contribution is 5.92. The van der Waals surface area contributed by atoms with Crippen LogP contribution in [-0.2, 0) is 9.53 Å². The summed E-state index contributed by atoms with van der Waals surface area (Å²) in [6, 6.07) is 1.63. The number of nitrogens with zero attached hydrogens (tertiary/aromatic N) is 3. The van der Waals surface area contributed by atoms with Crippen LogP contribution < -0.4 is 4.90 Å². The molecule has 2 aromatic rings. The normalized spacial score (nSPS) is 18.2. The standard InChI is InChI=1S/C14H13F2N3O2/c1-21-14(20)12-3-2-4-19(12)13-8-5-9(15)10(16)6-11(8)17-7-18-13/h5-7,12H,2-4H2,1H3/t12-/m0/s1. The van der Waals surface area contributed by atoms with Crippen LogP contribution in [0.5, 0.6) is 0 Å². The van der Waals surface area contributed by atoms with Gasteiger partial charge in [-0.25, -0.2) is 23.5 Å². The van der Waals surface area contributed by atoms with Gasteiger partial charge in [-0.05, 0) is 18.9 Å². The van der Waals surface area contributed by atoms with Gasteiger partial charge in [-0.1, -0.05) is 0 Å². The van der Waals surface area contributed by atoms with Crippen LogP contribution in [-0.4, -0.2) is 35.6 Å². The van der Waals surface area contributed by atoms with Gasteiger partial charge in [0.1, 0.15) is 18.2 Å². The van der Waals surface area contributed by atoms with Crippen LogP contribution >= 0.6 is 0 Å². The van der Waals surface area contributed by atoms with Gasteiger partial charge in [0.2, 0.25) is 0 Å². The van der Waals surface area contributed by atoms with E-state index in [1.165, 1.54) is 13.4 Å². The Hall–Kier alpha value is -2.31. The van der Waals surface area contributed by atoms with E-state index < -0.39 is 17.7 Å². The molecule has 1 aromatic heterocycles. The lowest BCUT2D eigenvalue weighted by Crippen LogP contribution is -2.37. The number of ether oxygens (including phenoxy) is 1. The predicted octanol–water partition coefficient (Wildman–Crippen LogP) is 2.05. The first-order valence-electron chi connectivity index (χ1n) is 6.56. The maximum Gasteiger partial charge on any atom is 0.328 e. The summed E-state index contributed by atoms with van der Waals surface area (Å²) in [5.74, 6) is -1.86. The van der Waals surface area contributed by atoms with Crippen molar-refractivity contribution in [1.29, 1.82) is 0 Å². The predicted molar refractivity (Wildman–Crippen MR) is 71.8 cm³/mol. The highest BCUT2D eigenvalue weighted by atomic mass is 19.2. The molecule has 5 nitrogen and oxygen atoms in total. The molecule has 1 atom stereocenters. The average Bonchev–Trinajstić information content (AvgIpc) is 2.96. The number of hydrogen-bond acceptors (Lipinski definition) is 5. The Morgan fingerprint density at radius 2 is 2.10 bits per heavy atom. The van der Waals surface area contributed by atoms with Crippen LogP contribution in [0.3, 0.4) is 0 Å². The van der Waals surface area contributed by atoms with E-state index in [4.69, 9.17) is 4.74 Å². The Morgan fingerprint density at radius 3 is 2.86 bits per heavy atom. The lowest BCUT2D eigenvalue weighted by atomic mass is 10.2. The zero-order valence-corrected chi connectivity index (χ0v) is 11.3. The molecule has 1 aliphatic rings. The number of anilines is 1. The molecule has 1 saturated heterocycles. The number of benzene rings is 1. The zero-order chi connectivity index (χ0) is 15.0. The van der Waals surface area contributed by atoms with Crippen molar-refractivity contribution in [3.05, 3.63) is 30.1 Å². The van der Waals surface area contributed by atoms with E-state index in [2.05, 4.69) is 9.97 Å². The molecule has 0 bridgehead atoms. The van der Waals surface area contributed by atoms with E-state index in [-0.39, 0.29) is 5.97 Å². The molecule has 0 spiro atoms. The van der Waals surface area contributed by atoms with Crippen molar-refractivity contribution < 1.29 is 18.3 Å². The molecular weight excluding hydrogens is 280 g/mol. The highest BCUT2D eigenvalue weighted by Crippen LogP contribution is 2.30. The third-order valence-corrected chi connectivity index (χ3v) is 3.65. The Labute approximate surface area is 119 Å². The van der Waals surface area contributed by atoms with E-state index in [1.54, 1.807) is 4.90 Å². The summed E-state index contributed by atoms with van der Waals surface area (Å²) in [4.78, 5) is 21.7. The number of methoxy groups -OCH3 is 1. The van der Waals surface area contributed by atoms with Gasteiger partial charge in [-0.3, -0.25) is 0 Å². The summed E-state index contributed by atoms with van der Waals surface area (Å²) >= 11 is 0. The number of carbonyl (C=O) groups is 1. The van der Waals surface area contributed by atoms with Crippen molar-refractivity contribution >= 4 is 22.7 Å². The molecule has 3 rings (SSSR count). The molecule has 0 unspecified atom stereocenters. The summed E-state index contributed by atoms with van der Waals surface area (Å²) in [5.41, 5.74) is 0.300. The minimum absolute atomic E-state index is 0.300. The van der Waals surface area contributed by atoms with E-state index in [1.807, 2.05) is 0 Å². The van der Waals surface area contributed by atoms with Gasteiger partial charge in [-0.15, -0.1) is 0 Å². The maximum atomic E-state index is 13.5. The topological polar surface area (TPSA) is 55.3 Å². The molecule has 0 N–H and O–H groups in total. The van der Waals surface area contributed by atoms with E-state index >= 15 is 0 Å². The number of hydrogen-bond donors (Lipinski definition) is 0. The fraction of sp³-hybridized carbons (Fsp3) is 0.357. The molecule has 110 valence electrons. The first kappa shape index (κ1) is 13.7. The third-order valence-electron chi connectivity index (χ3n) is 3.65. The van der Waals surface area contributed by atoms with E-state index in [9.17, 15) is 13.6 Å². The first-order valence-corrected chi connectivity index (χ1v) is 6.56. The molecule has 2 heterocycles. The second-order valence-corrected chi connectivity index (χ2v) is 4.86. The molecule has 1 aromatic carbocycles. The van der Waals surface area contributed by atoms with Gasteiger partial charge in [-0.2, -0.15) is 0 Å².